The molecule has 0 unspecified atom stereocenters. The molecule has 2 aromatic heterocycles. The van der Waals surface area contributed by atoms with Crippen molar-refractivity contribution in [3.63, 3.8) is 0 Å². The third kappa shape index (κ3) is 1.85. The van der Waals surface area contributed by atoms with E-state index in [0.29, 0.717) is 0 Å². The first-order valence-corrected chi connectivity index (χ1v) is 6.90. The Morgan fingerprint density at radius 3 is 2.67 bits per heavy atom. The Kier molecular flexibility index (Phi) is 2.52. The number of aromatic amines is 1. The molecule has 1 N–H and O–H groups in total. The van der Waals surface area contributed by atoms with Crippen molar-refractivity contribution in [1.29, 1.82) is 0 Å². The van der Waals surface area contributed by atoms with Crippen LogP contribution in [0, 0.1) is 0 Å². The maximum Gasteiger partial charge on any atom is 0.0656 e. The van der Waals surface area contributed by atoms with Crippen LogP contribution in [0.5, 0.6) is 0 Å². The third-order valence-electron chi connectivity index (χ3n) is 3.10. The summed E-state index contributed by atoms with van der Waals surface area (Å²) < 4.78 is 0. The molecule has 18 heavy (non-hydrogen) atoms. The van der Waals surface area contributed by atoms with Crippen molar-refractivity contribution in [2.75, 3.05) is 0 Å². The van der Waals surface area contributed by atoms with Crippen LogP contribution >= 0.6 is 11.3 Å². The quantitative estimate of drug-likeness (QED) is 0.678. The molecule has 0 aliphatic rings. The van der Waals surface area contributed by atoms with E-state index in [1.54, 1.807) is 0 Å². The highest BCUT2D eigenvalue weighted by atomic mass is 32.1. The van der Waals surface area contributed by atoms with Gasteiger partial charge in [0, 0.05) is 20.7 Å². The van der Waals surface area contributed by atoms with Crippen molar-refractivity contribution in [2.45, 2.75) is 26.2 Å². The van der Waals surface area contributed by atoms with Gasteiger partial charge in [0.1, 0.15) is 0 Å². The fraction of sp³-hybridized carbons (Fsp3) is 0.267. The van der Waals surface area contributed by atoms with E-state index in [0.717, 1.165) is 5.52 Å². The molecule has 92 valence electrons. The van der Waals surface area contributed by atoms with Crippen LogP contribution in [0.4, 0.5) is 0 Å². The molecule has 3 heteroatoms. The van der Waals surface area contributed by atoms with E-state index in [-0.39, 0.29) is 5.41 Å². The molecule has 0 aliphatic carbocycles. The van der Waals surface area contributed by atoms with Gasteiger partial charge < -0.3 is 0 Å². The fourth-order valence-electron chi connectivity index (χ4n) is 2.07. The number of H-pyrrole nitrogens is 1. The van der Waals surface area contributed by atoms with Crippen LogP contribution in [-0.2, 0) is 5.41 Å². The number of fused-ring (bicyclic) bond motifs is 1. The number of rotatable bonds is 1. The van der Waals surface area contributed by atoms with Crippen LogP contribution in [0.2, 0.25) is 0 Å². The lowest BCUT2D eigenvalue weighted by Crippen LogP contribution is -2.07. The van der Waals surface area contributed by atoms with Gasteiger partial charge in [0.25, 0.3) is 0 Å². The Morgan fingerprint density at radius 2 is 1.94 bits per heavy atom. The topological polar surface area (TPSA) is 28.7 Å². The number of aromatic nitrogens is 2. The van der Waals surface area contributed by atoms with Crippen molar-refractivity contribution < 1.29 is 0 Å². The summed E-state index contributed by atoms with van der Waals surface area (Å²) in [5, 5.41) is 8.34. The van der Waals surface area contributed by atoms with Gasteiger partial charge in [-0.1, -0.05) is 32.9 Å². The maximum absolute atomic E-state index is 4.12. The molecule has 0 fully saturated rings. The number of hydrogen-bond donors (Lipinski definition) is 1. The van der Waals surface area contributed by atoms with Crippen LogP contribution in [0.25, 0.3) is 21.3 Å². The van der Waals surface area contributed by atoms with E-state index < -0.39 is 0 Å². The second-order valence-electron chi connectivity index (χ2n) is 5.55. The number of nitrogens with zero attached hydrogens (tertiary/aromatic N) is 1. The molecule has 0 aliphatic heterocycles. The highest BCUT2D eigenvalue weighted by molar-refractivity contribution is 7.15. The minimum Gasteiger partial charge on any atom is -0.278 e. The molecule has 0 saturated heterocycles. The number of hydrogen-bond acceptors (Lipinski definition) is 2. The van der Waals surface area contributed by atoms with Gasteiger partial charge in [-0.3, -0.25) is 5.10 Å². The Balaban J connectivity index is 2.15. The van der Waals surface area contributed by atoms with Gasteiger partial charge in [-0.15, -0.1) is 11.3 Å². The highest BCUT2D eigenvalue weighted by Crippen LogP contribution is 2.37. The van der Waals surface area contributed by atoms with Crippen molar-refractivity contribution in [2.24, 2.45) is 0 Å². The maximum atomic E-state index is 4.12. The lowest BCUT2D eigenvalue weighted by molar-refractivity contribution is 0.604. The molecule has 0 radical (unpaired) electrons. The van der Waals surface area contributed by atoms with Gasteiger partial charge in [0.2, 0.25) is 0 Å². The first kappa shape index (κ1) is 11.5. The van der Waals surface area contributed by atoms with E-state index in [1.807, 2.05) is 17.5 Å². The molecule has 0 atom stereocenters. The average molecular weight is 256 g/mol. The fourth-order valence-corrected chi connectivity index (χ4v) is 3.17. The molecule has 1 aromatic carbocycles. The van der Waals surface area contributed by atoms with E-state index in [4.69, 9.17) is 0 Å². The van der Waals surface area contributed by atoms with Crippen LogP contribution in [-0.4, -0.2) is 10.2 Å². The van der Waals surface area contributed by atoms with Crippen molar-refractivity contribution >= 4 is 22.2 Å². The van der Waals surface area contributed by atoms with Crippen LogP contribution in [0.15, 0.2) is 36.5 Å². The van der Waals surface area contributed by atoms with Gasteiger partial charge >= 0.3 is 0 Å². The van der Waals surface area contributed by atoms with E-state index >= 15 is 0 Å². The predicted octanol–water partition coefficient (Wildman–Crippen LogP) is 4.59. The summed E-state index contributed by atoms with van der Waals surface area (Å²) in [6.45, 7) is 6.75. The molecule has 3 aromatic rings. The summed E-state index contributed by atoms with van der Waals surface area (Å²) in [5.41, 5.74) is 2.58. The van der Waals surface area contributed by atoms with Crippen LogP contribution < -0.4 is 0 Å². The summed E-state index contributed by atoms with van der Waals surface area (Å²) in [5.74, 6) is 0. The van der Waals surface area contributed by atoms with Crippen molar-refractivity contribution in [3.05, 3.63) is 41.4 Å². The number of benzene rings is 1. The minimum absolute atomic E-state index is 0.215. The monoisotopic (exact) mass is 256 g/mol. The number of thiophene rings is 1. The molecule has 0 bridgehead atoms. The molecule has 2 heterocycles. The minimum atomic E-state index is 0.215. The average Bonchev–Trinajstić information content (AvgIpc) is 2.96. The normalized spacial score (nSPS) is 12.2. The molecule has 0 saturated carbocycles. The molecular formula is C15H16N2S. The summed E-state index contributed by atoms with van der Waals surface area (Å²) >= 11 is 1.87. The highest BCUT2D eigenvalue weighted by Gasteiger charge is 2.17. The molecular weight excluding hydrogens is 240 g/mol. The van der Waals surface area contributed by atoms with Crippen molar-refractivity contribution in [1.82, 2.24) is 10.2 Å². The standard InChI is InChI=1S/C15H16N2S/c1-15(2,3)14-8-7-13(18-14)10-5-4-6-12-11(10)9-16-17-12/h4-9H,1-3H3,(H,16,17). The second kappa shape index (κ2) is 3.95. The van der Waals surface area contributed by atoms with Gasteiger partial charge in [-0.25, -0.2) is 0 Å². The Labute approximate surface area is 111 Å². The zero-order valence-electron chi connectivity index (χ0n) is 10.8. The van der Waals surface area contributed by atoms with E-state index in [1.165, 1.54) is 20.7 Å². The first-order chi connectivity index (χ1) is 8.55. The summed E-state index contributed by atoms with van der Waals surface area (Å²) in [7, 11) is 0. The molecule has 0 amide bonds. The third-order valence-corrected chi connectivity index (χ3v) is 4.64. The molecule has 0 spiro atoms. The Bertz CT molecular complexity index is 686. The lowest BCUT2D eigenvalue weighted by atomic mass is 9.95. The second-order valence-corrected chi connectivity index (χ2v) is 6.63. The van der Waals surface area contributed by atoms with E-state index in [9.17, 15) is 0 Å². The SMILES string of the molecule is CC(C)(C)c1ccc(-c2cccc3[nH]ncc23)s1. The van der Waals surface area contributed by atoms with Crippen LogP contribution in [0.3, 0.4) is 0 Å². The van der Waals surface area contributed by atoms with Gasteiger partial charge in [0.15, 0.2) is 0 Å². The summed E-state index contributed by atoms with van der Waals surface area (Å²) in [6, 6.07) is 10.7. The number of nitrogens with one attached hydrogen (secondary N) is 1. The summed E-state index contributed by atoms with van der Waals surface area (Å²) in [4.78, 5) is 2.73. The smallest absolute Gasteiger partial charge is 0.0656 e. The van der Waals surface area contributed by atoms with E-state index in [2.05, 4.69) is 61.3 Å². The Hall–Kier alpha value is -1.61. The van der Waals surface area contributed by atoms with Gasteiger partial charge in [-0.2, -0.15) is 5.10 Å². The lowest BCUT2D eigenvalue weighted by Gasteiger charge is -2.15. The van der Waals surface area contributed by atoms with Gasteiger partial charge in [0.05, 0.1) is 11.7 Å². The Morgan fingerprint density at radius 1 is 1.11 bits per heavy atom. The van der Waals surface area contributed by atoms with Crippen LogP contribution in [0.1, 0.15) is 25.6 Å². The first-order valence-electron chi connectivity index (χ1n) is 6.08. The summed E-state index contributed by atoms with van der Waals surface area (Å²) in [6.07, 6.45) is 1.90. The molecule has 3 rings (SSSR count). The predicted molar refractivity (Wildman–Crippen MR) is 78.1 cm³/mol. The van der Waals surface area contributed by atoms with Gasteiger partial charge in [-0.05, 0) is 23.6 Å². The van der Waals surface area contributed by atoms with Crippen molar-refractivity contribution in [3.8, 4) is 10.4 Å². The largest absolute Gasteiger partial charge is 0.278 e. The zero-order chi connectivity index (χ0) is 12.8. The zero-order valence-corrected chi connectivity index (χ0v) is 11.6. The molecule has 2 nitrogen and oxygen atoms in total.